The highest BCUT2D eigenvalue weighted by molar-refractivity contribution is 6.73. The zero-order chi connectivity index (χ0) is 13.5. The molecule has 0 aromatic carbocycles. The molecule has 0 fully saturated rings. The van der Waals surface area contributed by atoms with Crippen molar-refractivity contribution < 1.29 is 0 Å². The first-order valence-electron chi connectivity index (χ1n) is 8.64. The van der Waals surface area contributed by atoms with Gasteiger partial charge in [0.05, 0.1) is 8.80 Å². The van der Waals surface area contributed by atoms with E-state index in [9.17, 15) is 0 Å². The van der Waals surface area contributed by atoms with E-state index < -0.39 is 8.80 Å². The third kappa shape index (κ3) is 2.20. The molecule has 106 valence electrons. The zero-order valence-corrected chi connectivity index (χ0v) is 14.0. The Morgan fingerprint density at radius 2 is 1.15 bits per heavy atom. The molecule has 0 bridgehead atoms. The van der Waals surface area contributed by atoms with Crippen molar-refractivity contribution in [3.05, 3.63) is 44.8 Å². The monoisotopic (exact) mass is 282 g/mol. The van der Waals surface area contributed by atoms with Gasteiger partial charge in [0.25, 0.3) is 0 Å². The molecule has 0 spiro atoms. The predicted molar refractivity (Wildman–Crippen MR) is 89.4 cm³/mol. The van der Waals surface area contributed by atoms with Crippen molar-refractivity contribution in [3.63, 3.8) is 0 Å². The average Bonchev–Trinajstić information content (AvgIpc) is 3.10. The fourth-order valence-corrected chi connectivity index (χ4v) is 7.06. The maximum absolute atomic E-state index is 2.63. The Kier molecular flexibility index (Phi) is 3.34. The molecule has 0 saturated carbocycles. The lowest BCUT2D eigenvalue weighted by molar-refractivity contribution is 0.680. The molecular formula is C19H26Si. The first-order chi connectivity index (χ1) is 9.81. The van der Waals surface area contributed by atoms with Crippen LogP contribution in [0.5, 0.6) is 0 Å². The van der Waals surface area contributed by atoms with Crippen LogP contribution in [0.15, 0.2) is 44.8 Å². The van der Waals surface area contributed by atoms with Crippen molar-refractivity contribution in [1.29, 1.82) is 0 Å². The quantitative estimate of drug-likeness (QED) is 0.601. The summed E-state index contributed by atoms with van der Waals surface area (Å²) in [5, 5.41) is 3.70. The molecule has 0 heterocycles. The fourth-order valence-electron chi connectivity index (χ4n) is 4.57. The van der Waals surface area contributed by atoms with Crippen LogP contribution in [-0.4, -0.2) is 8.80 Å². The van der Waals surface area contributed by atoms with Gasteiger partial charge in [-0.3, -0.25) is 0 Å². The maximum Gasteiger partial charge on any atom is 0.0904 e. The van der Waals surface area contributed by atoms with Crippen LogP contribution in [0.2, 0.25) is 6.55 Å². The molecule has 4 aliphatic carbocycles. The van der Waals surface area contributed by atoms with Gasteiger partial charge in [-0.05, 0) is 75.4 Å². The second kappa shape index (κ2) is 5.18. The van der Waals surface area contributed by atoms with Gasteiger partial charge in [-0.1, -0.05) is 40.2 Å². The molecule has 0 aromatic heterocycles. The molecule has 0 atom stereocenters. The highest BCUT2D eigenvalue weighted by Gasteiger charge is 2.28. The smallest absolute Gasteiger partial charge is 0.0752 e. The Morgan fingerprint density at radius 1 is 0.700 bits per heavy atom. The summed E-state index contributed by atoms with van der Waals surface area (Å²) in [4.78, 5) is 0. The summed E-state index contributed by atoms with van der Waals surface area (Å²) >= 11 is 0. The highest BCUT2D eigenvalue weighted by Crippen LogP contribution is 2.41. The molecule has 0 unspecified atom stereocenters. The number of hydrogen-bond acceptors (Lipinski definition) is 0. The molecule has 20 heavy (non-hydrogen) atoms. The van der Waals surface area contributed by atoms with Crippen molar-refractivity contribution in [1.82, 2.24) is 0 Å². The Hall–Kier alpha value is -0.823. The lowest BCUT2D eigenvalue weighted by atomic mass is 9.94. The van der Waals surface area contributed by atoms with Gasteiger partial charge in [-0.25, -0.2) is 0 Å². The molecule has 0 saturated heterocycles. The van der Waals surface area contributed by atoms with E-state index in [2.05, 4.69) is 18.7 Å². The fraction of sp³-hybridized carbons (Fsp3) is 0.579. The minimum Gasteiger partial charge on any atom is -0.0752 e. The van der Waals surface area contributed by atoms with E-state index in [1.807, 2.05) is 21.5 Å². The van der Waals surface area contributed by atoms with Gasteiger partial charge < -0.3 is 0 Å². The van der Waals surface area contributed by atoms with Crippen LogP contribution in [-0.2, 0) is 0 Å². The van der Waals surface area contributed by atoms with Crippen molar-refractivity contribution >= 4 is 8.80 Å². The van der Waals surface area contributed by atoms with Crippen molar-refractivity contribution in [2.24, 2.45) is 0 Å². The van der Waals surface area contributed by atoms with Crippen molar-refractivity contribution in [2.45, 2.75) is 70.8 Å². The molecule has 0 aliphatic heterocycles. The molecular weight excluding hydrogens is 256 g/mol. The summed E-state index contributed by atoms with van der Waals surface area (Å²) in [6.07, 6.45) is 19.2. The Labute approximate surface area is 125 Å². The first kappa shape index (κ1) is 12.9. The van der Waals surface area contributed by atoms with E-state index in [0.717, 1.165) is 0 Å². The van der Waals surface area contributed by atoms with Gasteiger partial charge in [-0.2, -0.15) is 0 Å². The SMILES string of the molecule is C[SiH](C1=CC2=C(CCCC2)C1)C1=CC2=C(CCCC2)C1. The van der Waals surface area contributed by atoms with Crippen LogP contribution < -0.4 is 0 Å². The topological polar surface area (TPSA) is 0 Å². The third-order valence-electron chi connectivity index (χ3n) is 5.92. The van der Waals surface area contributed by atoms with E-state index >= 15 is 0 Å². The molecule has 0 nitrogen and oxygen atoms in total. The minimum atomic E-state index is -0.822. The van der Waals surface area contributed by atoms with Crippen LogP contribution in [0, 0.1) is 0 Å². The first-order valence-corrected chi connectivity index (χ1v) is 10.9. The summed E-state index contributed by atoms with van der Waals surface area (Å²) in [7, 11) is -0.822. The van der Waals surface area contributed by atoms with Crippen molar-refractivity contribution in [3.8, 4) is 0 Å². The van der Waals surface area contributed by atoms with Crippen LogP contribution in [0.25, 0.3) is 0 Å². The summed E-state index contributed by atoms with van der Waals surface area (Å²) in [6.45, 7) is 2.59. The Morgan fingerprint density at radius 3 is 1.60 bits per heavy atom. The van der Waals surface area contributed by atoms with Crippen LogP contribution in [0.4, 0.5) is 0 Å². The third-order valence-corrected chi connectivity index (χ3v) is 8.89. The Bertz CT molecular complexity index is 506. The molecule has 0 N–H and O–H groups in total. The largest absolute Gasteiger partial charge is 0.0904 e. The van der Waals surface area contributed by atoms with Crippen LogP contribution in [0.3, 0.4) is 0 Å². The Balaban J connectivity index is 1.49. The van der Waals surface area contributed by atoms with E-state index in [1.54, 1.807) is 11.1 Å². The molecule has 4 rings (SSSR count). The molecule has 0 radical (unpaired) electrons. The van der Waals surface area contributed by atoms with E-state index in [1.165, 1.54) is 64.2 Å². The summed E-state index contributed by atoms with van der Waals surface area (Å²) in [5.74, 6) is 0. The van der Waals surface area contributed by atoms with Crippen molar-refractivity contribution in [2.75, 3.05) is 0 Å². The molecule has 4 aliphatic rings. The molecule has 0 aromatic rings. The highest BCUT2D eigenvalue weighted by atomic mass is 28.3. The lowest BCUT2D eigenvalue weighted by Crippen LogP contribution is -2.14. The molecule has 1 heteroatoms. The van der Waals surface area contributed by atoms with Gasteiger partial charge in [0.15, 0.2) is 0 Å². The van der Waals surface area contributed by atoms with Gasteiger partial charge >= 0.3 is 0 Å². The van der Waals surface area contributed by atoms with Crippen LogP contribution >= 0.6 is 0 Å². The second-order valence-electron chi connectivity index (χ2n) is 7.19. The van der Waals surface area contributed by atoms with Crippen LogP contribution in [0.1, 0.15) is 64.2 Å². The normalized spacial score (nSPS) is 25.9. The lowest BCUT2D eigenvalue weighted by Gasteiger charge is -2.16. The minimum absolute atomic E-state index is 0.822. The number of hydrogen-bond donors (Lipinski definition) is 0. The number of allylic oxidation sites excluding steroid dienone is 8. The van der Waals surface area contributed by atoms with Gasteiger partial charge in [0.2, 0.25) is 0 Å². The van der Waals surface area contributed by atoms with Gasteiger partial charge in [-0.15, -0.1) is 0 Å². The standard InChI is InChI=1S/C19H26Si/c1-20(18-10-14-6-2-3-7-15(14)11-18)19-12-16-8-4-5-9-17(16)13-19/h10,12,20H,2-9,11,13H2,1H3. The van der Waals surface area contributed by atoms with E-state index in [-0.39, 0.29) is 0 Å². The maximum atomic E-state index is 2.63. The second-order valence-corrected chi connectivity index (χ2v) is 10.1. The summed E-state index contributed by atoms with van der Waals surface area (Å²) in [6, 6.07) is 0. The van der Waals surface area contributed by atoms with E-state index in [0.29, 0.717) is 0 Å². The van der Waals surface area contributed by atoms with Gasteiger partial charge in [0.1, 0.15) is 0 Å². The zero-order valence-electron chi connectivity index (χ0n) is 12.8. The molecule has 0 amide bonds. The number of rotatable bonds is 2. The average molecular weight is 283 g/mol. The van der Waals surface area contributed by atoms with E-state index in [4.69, 9.17) is 0 Å². The predicted octanol–water partition coefficient (Wildman–Crippen LogP) is 5.32. The van der Waals surface area contributed by atoms with Gasteiger partial charge in [0, 0.05) is 0 Å². The summed E-state index contributed by atoms with van der Waals surface area (Å²) < 4.78 is 0. The summed E-state index contributed by atoms with van der Waals surface area (Å²) in [5.41, 5.74) is 7.09.